The van der Waals surface area contributed by atoms with Crippen molar-refractivity contribution in [2.75, 3.05) is 0 Å². The average molecular weight is 352 g/mol. The van der Waals surface area contributed by atoms with Crippen LogP contribution in [0, 0.1) is 5.92 Å². The summed E-state index contributed by atoms with van der Waals surface area (Å²) in [6.45, 7) is 7.22. The molecule has 7 heteroatoms. The van der Waals surface area contributed by atoms with Gasteiger partial charge in [-0.15, -0.1) is 11.3 Å². The van der Waals surface area contributed by atoms with Crippen molar-refractivity contribution in [2.24, 2.45) is 5.92 Å². The van der Waals surface area contributed by atoms with E-state index in [4.69, 9.17) is 4.74 Å². The van der Waals surface area contributed by atoms with E-state index in [9.17, 15) is 14.4 Å². The van der Waals surface area contributed by atoms with Gasteiger partial charge in [0.1, 0.15) is 4.88 Å². The van der Waals surface area contributed by atoms with Crippen LogP contribution in [0.3, 0.4) is 0 Å². The molecule has 0 aromatic carbocycles. The molecular formula is C17H24N2O4S. The van der Waals surface area contributed by atoms with Crippen LogP contribution in [0.15, 0.2) is 6.07 Å². The van der Waals surface area contributed by atoms with Gasteiger partial charge in [0.15, 0.2) is 6.10 Å². The Labute approximate surface area is 146 Å². The van der Waals surface area contributed by atoms with E-state index in [2.05, 4.69) is 17.6 Å². The molecule has 0 aliphatic heterocycles. The van der Waals surface area contributed by atoms with Crippen LogP contribution in [0.5, 0.6) is 0 Å². The molecule has 2 N–H and O–H groups in total. The van der Waals surface area contributed by atoms with E-state index >= 15 is 0 Å². The number of thiophene rings is 1. The summed E-state index contributed by atoms with van der Waals surface area (Å²) in [6, 6.07) is 1.18. The molecule has 1 aromatic rings. The van der Waals surface area contributed by atoms with E-state index in [-0.39, 0.29) is 6.04 Å². The van der Waals surface area contributed by atoms with E-state index in [1.165, 1.54) is 28.7 Å². The van der Waals surface area contributed by atoms with E-state index in [0.29, 0.717) is 10.8 Å². The largest absolute Gasteiger partial charge is 0.448 e. The van der Waals surface area contributed by atoms with Gasteiger partial charge < -0.3 is 10.1 Å². The second kappa shape index (κ2) is 7.79. The highest BCUT2D eigenvalue weighted by molar-refractivity contribution is 7.14. The highest BCUT2D eigenvalue weighted by atomic mass is 32.1. The molecule has 2 rings (SSSR count). The molecule has 1 aromatic heterocycles. The van der Waals surface area contributed by atoms with E-state index in [1.54, 1.807) is 13.8 Å². The number of carbonyl (C=O) groups is 3. The summed E-state index contributed by atoms with van der Waals surface area (Å²) in [5.41, 5.74) is 1.21. The van der Waals surface area contributed by atoms with E-state index < -0.39 is 24.0 Å². The number of nitrogens with one attached hydrogen (secondary N) is 2. The molecule has 0 radical (unpaired) electrons. The zero-order valence-corrected chi connectivity index (χ0v) is 15.3. The van der Waals surface area contributed by atoms with Gasteiger partial charge in [-0.2, -0.15) is 0 Å². The topological polar surface area (TPSA) is 84.5 Å². The first-order valence-corrected chi connectivity index (χ1v) is 9.01. The molecule has 2 atom stereocenters. The Morgan fingerprint density at radius 2 is 2.00 bits per heavy atom. The van der Waals surface area contributed by atoms with Crippen molar-refractivity contribution in [3.8, 4) is 0 Å². The van der Waals surface area contributed by atoms with Crippen LogP contribution < -0.4 is 10.6 Å². The summed E-state index contributed by atoms with van der Waals surface area (Å²) in [4.78, 5) is 37.4. The Bertz CT molecular complexity index is 639. The molecule has 24 heavy (non-hydrogen) atoms. The second-order valence-electron chi connectivity index (χ2n) is 6.57. The number of aryl methyl sites for hydroxylation is 1. The molecule has 0 bridgehead atoms. The van der Waals surface area contributed by atoms with Crippen molar-refractivity contribution in [1.82, 2.24) is 10.6 Å². The molecule has 132 valence electrons. The fraction of sp³-hybridized carbons (Fsp3) is 0.588. The van der Waals surface area contributed by atoms with Crippen LogP contribution in [0.25, 0.3) is 0 Å². The Hall–Kier alpha value is -1.89. The fourth-order valence-corrected chi connectivity index (χ4v) is 3.68. The molecule has 1 aliphatic carbocycles. The Kier molecular flexibility index (Phi) is 5.99. The first-order chi connectivity index (χ1) is 11.3. The maximum Gasteiger partial charge on any atom is 0.349 e. The Balaban J connectivity index is 1.92. The predicted molar refractivity (Wildman–Crippen MR) is 92.2 cm³/mol. The Morgan fingerprint density at radius 1 is 1.29 bits per heavy atom. The summed E-state index contributed by atoms with van der Waals surface area (Å²) >= 11 is 1.44. The van der Waals surface area contributed by atoms with Crippen LogP contribution in [-0.2, 0) is 22.4 Å². The number of amides is 3. The van der Waals surface area contributed by atoms with Crippen molar-refractivity contribution in [2.45, 2.75) is 59.1 Å². The lowest BCUT2D eigenvalue weighted by Crippen LogP contribution is -2.46. The number of imide groups is 1. The van der Waals surface area contributed by atoms with Gasteiger partial charge in [0.2, 0.25) is 0 Å². The standard InChI is InChI=1S/C17H24N2O4S/c1-9(2)18-17(22)19-15(20)11(4)23-16(21)14-8-12-7-10(3)5-6-13(12)24-14/h8-11H,5-7H2,1-4H3,(H2,18,19,20,22)/t10-,11-/m0/s1. The van der Waals surface area contributed by atoms with Crippen molar-refractivity contribution >= 4 is 29.2 Å². The summed E-state index contributed by atoms with van der Waals surface area (Å²) in [6.07, 6.45) is 2.06. The number of esters is 1. The van der Waals surface area contributed by atoms with E-state index in [1.807, 2.05) is 6.07 Å². The number of fused-ring (bicyclic) bond motifs is 1. The van der Waals surface area contributed by atoms with Crippen molar-refractivity contribution in [3.63, 3.8) is 0 Å². The van der Waals surface area contributed by atoms with Gasteiger partial charge in [-0.05, 0) is 57.6 Å². The van der Waals surface area contributed by atoms with Crippen molar-refractivity contribution in [3.05, 3.63) is 21.4 Å². The smallest absolute Gasteiger partial charge is 0.349 e. The normalized spacial score (nSPS) is 17.8. The van der Waals surface area contributed by atoms with Crippen LogP contribution >= 0.6 is 11.3 Å². The van der Waals surface area contributed by atoms with Crippen LogP contribution in [0.4, 0.5) is 4.79 Å². The number of carbonyl (C=O) groups excluding carboxylic acids is 3. The Morgan fingerprint density at radius 3 is 2.67 bits per heavy atom. The number of ether oxygens (including phenoxy) is 1. The number of hydrogen-bond acceptors (Lipinski definition) is 5. The third kappa shape index (κ3) is 4.80. The first kappa shape index (κ1) is 18.4. The maximum atomic E-state index is 12.2. The van der Waals surface area contributed by atoms with Gasteiger partial charge in [-0.25, -0.2) is 9.59 Å². The molecular weight excluding hydrogens is 328 g/mol. The lowest BCUT2D eigenvalue weighted by Gasteiger charge is -2.16. The molecule has 0 fully saturated rings. The molecule has 6 nitrogen and oxygen atoms in total. The number of rotatable bonds is 4. The summed E-state index contributed by atoms with van der Waals surface area (Å²) in [7, 11) is 0. The summed E-state index contributed by atoms with van der Waals surface area (Å²) < 4.78 is 5.19. The SMILES string of the molecule is CC(C)NC(=O)NC(=O)[C@H](C)OC(=O)c1cc2c(s1)CC[C@H](C)C2. The summed E-state index contributed by atoms with van der Waals surface area (Å²) in [5, 5.41) is 4.70. The van der Waals surface area contributed by atoms with Gasteiger partial charge in [0.05, 0.1) is 0 Å². The third-order valence-electron chi connectivity index (χ3n) is 3.84. The third-order valence-corrected chi connectivity index (χ3v) is 5.06. The minimum absolute atomic E-state index is 0.0875. The lowest BCUT2D eigenvalue weighted by atomic mass is 9.90. The van der Waals surface area contributed by atoms with E-state index in [0.717, 1.165) is 19.3 Å². The molecule has 0 unspecified atom stereocenters. The molecule has 1 heterocycles. The highest BCUT2D eigenvalue weighted by Crippen LogP contribution is 2.32. The van der Waals surface area contributed by atoms with Gasteiger partial charge in [0, 0.05) is 10.9 Å². The summed E-state index contributed by atoms with van der Waals surface area (Å²) in [5.74, 6) is -0.537. The minimum atomic E-state index is -1.03. The lowest BCUT2D eigenvalue weighted by molar-refractivity contribution is -0.127. The van der Waals surface area contributed by atoms with Gasteiger partial charge in [-0.3, -0.25) is 10.1 Å². The molecule has 3 amide bonds. The van der Waals surface area contributed by atoms with Crippen molar-refractivity contribution in [1.29, 1.82) is 0 Å². The van der Waals surface area contributed by atoms with Crippen LogP contribution in [-0.4, -0.2) is 30.1 Å². The predicted octanol–water partition coefficient (Wildman–Crippen LogP) is 2.65. The highest BCUT2D eigenvalue weighted by Gasteiger charge is 2.25. The molecule has 1 aliphatic rings. The zero-order valence-electron chi connectivity index (χ0n) is 14.5. The molecule has 0 spiro atoms. The van der Waals surface area contributed by atoms with Crippen LogP contribution in [0.2, 0.25) is 0 Å². The zero-order chi connectivity index (χ0) is 17.9. The van der Waals surface area contributed by atoms with Gasteiger partial charge >= 0.3 is 12.0 Å². The molecule has 0 saturated heterocycles. The minimum Gasteiger partial charge on any atom is -0.448 e. The monoisotopic (exact) mass is 352 g/mol. The maximum absolute atomic E-state index is 12.2. The number of hydrogen-bond donors (Lipinski definition) is 2. The second-order valence-corrected chi connectivity index (χ2v) is 7.71. The van der Waals surface area contributed by atoms with Crippen molar-refractivity contribution < 1.29 is 19.1 Å². The average Bonchev–Trinajstić information content (AvgIpc) is 2.89. The first-order valence-electron chi connectivity index (χ1n) is 8.20. The van der Waals surface area contributed by atoms with Gasteiger partial charge in [-0.1, -0.05) is 6.92 Å². The van der Waals surface area contributed by atoms with Gasteiger partial charge in [0.25, 0.3) is 5.91 Å². The quantitative estimate of drug-likeness (QED) is 0.816. The number of urea groups is 1. The fourth-order valence-electron chi connectivity index (χ4n) is 2.59. The molecule has 0 saturated carbocycles. The van der Waals surface area contributed by atoms with Crippen LogP contribution in [0.1, 0.15) is 54.2 Å².